The molecule has 2 aliphatic heterocycles. The highest BCUT2D eigenvalue weighted by Gasteiger charge is 2.37. The Balaban J connectivity index is 0.000000137. The van der Waals surface area contributed by atoms with Crippen molar-refractivity contribution in [2.24, 2.45) is 0 Å². The number of rotatable bonds is 2. The van der Waals surface area contributed by atoms with Crippen LogP contribution in [-0.4, -0.2) is 40.8 Å². The van der Waals surface area contributed by atoms with Crippen LogP contribution in [0.2, 0.25) is 0 Å². The zero-order chi connectivity index (χ0) is 28.9. The molecule has 2 aliphatic rings. The van der Waals surface area contributed by atoms with Crippen molar-refractivity contribution in [1.29, 1.82) is 0 Å². The highest BCUT2D eigenvalue weighted by Crippen LogP contribution is 2.40. The van der Waals surface area contributed by atoms with Crippen LogP contribution in [-0.2, 0) is 0 Å². The molecule has 0 spiro atoms. The molecule has 0 aliphatic carbocycles. The minimum atomic E-state index is -0.960. The number of benzene rings is 4. The molecule has 8 nitrogen and oxygen atoms in total. The zero-order valence-electron chi connectivity index (χ0n) is 23.6. The zero-order valence-corrected chi connectivity index (χ0v) is 23.6. The Morgan fingerprint density at radius 2 is 0.929 bits per heavy atom. The molecule has 0 radical (unpaired) electrons. The van der Waals surface area contributed by atoms with E-state index in [2.05, 4.69) is 66.1 Å². The summed E-state index contributed by atoms with van der Waals surface area (Å²) < 4.78 is 4.37. The van der Waals surface area contributed by atoms with Gasteiger partial charge in [-0.05, 0) is 49.2 Å². The van der Waals surface area contributed by atoms with Crippen molar-refractivity contribution in [3.8, 4) is 0 Å². The molecular weight excluding hydrogens is 524 g/mol. The standard InChI is InChI=1S/2C17H17N3O/c2*1-17(21)11-15(12-7-3-2-4-8-12)20-14-10-6-5-9-13(14)18-16(20)19-17/h2*2-10,15,21H,11H2,1H3,(H,18,19)/t2*15-,17+/m11/s1. The Hall–Kier alpha value is -4.66. The van der Waals surface area contributed by atoms with E-state index < -0.39 is 11.4 Å². The third-order valence-electron chi connectivity index (χ3n) is 8.13. The van der Waals surface area contributed by atoms with Gasteiger partial charge in [-0.25, -0.2) is 9.97 Å². The van der Waals surface area contributed by atoms with Crippen molar-refractivity contribution >= 4 is 34.0 Å². The number of hydrogen-bond donors (Lipinski definition) is 4. The molecule has 8 heteroatoms. The molecule has 0 unspecified atom stereocenters. The van der Waals surface area contributed by atoms with Gasteiger partial charge in [0.25, 0.3) is 0 Å². The smallest absolute Gasteiger partial charge is 0.206 e. The lowest BCUT2D eigenvalue weighted by Crippen LogP contribution is -2.42. The molecule has 42 heavy (non-hydrogen) atoms. The Kier molecular flexibility index (Phi) is 6.26. The number of anilines is 2. The highest BCUT2D eigenvalue weighted by atomic mass is 16.3. The first-order chi connectivity index (χ1) is 20.3. The van der Waals surface area contributed by atoms with Gasteiger partial charge in [0.1, 0.15) is 11.4 Å². The van der Waals surface area contributed by atoms with Gasteiger partial charge in [0, 0.05) is 12.8 Å². The topological polar surface area (TPSA) is 100 Å². The predicted octanol–water partition coefficient (Wildman–Crippen LogP) is 6.30. The first-order valence-corrected chi connectivity index (χ1v) is 14.3. The summed E-state index contributed by atoms with van der Waals surface area (Å²) in [6.07, 6.45) is 1.20. The van der Waals surface area contributed by atoms with Crippen molar-refractivity contribution in [3.05, 3.63) is 120 Å². The number of nitrogens with one attached hydrogen (secondary N) is 2. The van der Waals surface area contributed by atoms with E-state index in [4.69, 9.17) is 0 Å². The molecule has 4 atom stereocenters. The molecule has 6 aromatic rings. The number of hydrogen-bond acceptors (Lipinski definition) is 6. The molecule has 2 aromatic heterocycles. The Bertz CT molecular complexity index is 1720. The molecule has 4 aromatic carbocycles. The molecular formula is C34H34N6O2. The van der Waals surface area contributed by atoms with Crippen LogP contribution in [0, 0.1) is 0 Å². The van der Waals surface area contributed by atoms with Gasteiger partial charge in [0.2, 0.25) is 11.9 Å². The first kappa shape index (κ1) is 26.3. The summed E-state index contributed by atoms with van der Waals surface area (Å²) in [6, 6.07) is 36.9. The van der Waals surface area contributed by atoms with Crippen molar-refractivity contribution in [1.82, 2.24) is 19.1 Å². The summed E-state index contributed by atoms with van der Waals surface area (Å²) in [5.41, 5.74) is 4.51. The first-order valence-electron chi connectivity index (χ1n) is 14.3. The van der Waals surface area contributed by atoms with E-state index in [1.807, 2.05) is 72.8 Å². The number of imidazole rings is 2. The molecule has 0 amide bonds. The second-order valence-corrected chi connectivity index (χ2v) is 11.6. The summed E-state index contributed by atoms with van der Waals surface area (Å²) in [5, 5.41) is 27.3. The minimum absolute atomic E-state index is 0.0739. The van der Waals surface area contributed by atoms with Crippen molar-refractivity contribution in [3.63, 3.8) is 0 Å². The van der Waals surface area contributed by atoms with Gasteiger partial charge >= 0.3 is 0 Å². The van der Waals surface area contributed by atoms with Crippen LogP contribution >= 0.6 is 0 Å². The Morgan fingerprint density at radius 1 is 0.571 bits per heavy atom. The number of aromatic nitrogens is 4. The van der Waals surface area contributed by atoms with Gasteiger partial charge in [-0.3, -0.25) is 0 Å². The van der Waals surface area contributed by atoms with Gasteiger partial charge in [0.05, 0.1) is 34.2 Å². The maximum atomic E-state index is 10.5. The molecule has 0 saturated carbocycles. The lowest BCUT2D eigenvalue weighted by atomic mass is 9.95. The number of para-hydroxylation sites is 4. The van der Waals surface area contributed by atoms with Gasteiger partial charge in [0.15, 0.2) is 0 Å². The van der Waals surface area contributed by atoms with E-state index in [-0.39, 0.29) is 12.1 Å². The van der Waals surface area contributed by atoms with Crippen LogP contribution in [0.5, 0.6) is 0 Å². The second kappa shape index (κ2) is 10.0. The van der Waals surface area contributed by atoms with Gasteiger partial charge < -0.3 is 30.0 Å². The van der Waals surface area contributed by atoms with Crippen molar-refractivity contribution in [2.75, 3.05) is 10.6 Å². The highest BCUT2D eigenvalue weighted by molar-refractivity contribution is 5.80. The lowest BCUT2D eigenvalue weighted by Gasteiger charge is -2.37. The molecule has 8 rings (SSSR count). The molecule has 4 heterocycles. The van der Waals surface area contributed by atoms with Crippen LogP contribution in [0.4, 0.5) is 11.9 Å². The predicted molar refractivity (Wildman–Crippen MR) is 166 cm³/mol. The Morgan fingerprint density at radius 3 is 1.33 bits per heavy atom. The average molecular weight is 559 g/mol. The van der Waals surface area contributed by atoms with E-state index in [0.717, 1.165) is 34.0 Å². The molecule has 4 N–H and O–H groups in total. The lowest BCUT2D eigenvalue weighted by molar-refractivity contribution is 0.0591. The number of nitrogens with zero attached hydrogens (tertiary/aromatic N) is 4. The largest absolute Gasteiger partial charge is 0.371 e. The fraction of sp³-hybridized carbons (Fsp3) is 0.235. The molecule has 0 saturated heterocycles. The normalized spacial score (nSPS) is 24.6. The Labute approximate surface area is 244 Å². The summed E-state index contributed by atoms with van der Waals surface area (Å²) >= 11 is 0. The van der Waals surface area contributed by atoms with Gasteiger partial charge in [-0.1, -0.05) is 84.9 Å². The van der Waals surface area contributed by atoms with Crippen LogP contribution < -0.4 is 10.6 Å². The summed E-state index contributed by atoms with van der Waals surface area (Å²) in [6.45, 7) is 3.59. The molecule has 0 fully saturated rings. The maximum absolute atomic E-state index is 10.5. The fourth-order valence-corrected chi connectivity index (χ4v) is 6.30. The minimum Gasteiger partial charge on any atom is -0.371 e. The molecule has 212 valence electrons. The fourth-order valence-electron chi connectivity index (χ4n) is 6.30. The van der Waals surface area contributed by atoms with Crippen LogP contribution in [0.25, 0.3) is 22.1 Å². The third-order valence-corrected chi connectivity index (χ3v) is 8.13. The average Bonchev–Trinajstić information content (AvgIpc) is 3.54. The van der Waals surface area contributed by atoms with Crippen molar-refractivity contribution in [2.45, 2.75) is 50.2 Å². The number of aliphatic hydroxyl groups is 2. The van der Waals surface area contributed by atoms with Crippen LogP contribution in [0.3, 0.4) is 0 Å². The van der Waals surface area contributed by atoms with Gasteiger partial charge in [-0.15, -0.1) is 0 Å². The van der Waals surface area contributed by atoms with Crippen LogP contribution in [0.1, 0.15) is 49.9 Å². The summed E-state index contributed by atoms with van der Waals surface area (Å²) in [5.74, 6) is 1.45. The van der Waals surface area contributed by atoms with E-state index in [1.165, 1.54) is 11.1 Å². The third kappa shape index (κ3) is 4.78. The van der Waals surface area contributed by atoms with E-state index >= 15 is 0 Å². The summed E-state index contributed by atoms with van der Waals surface area (Å²) in [4.78, 5) is 9.23. The monoisotopic (exact) mass is 558 g/mol. The molecule has 0 bridgehead atoms. The van der Waals surface area contributed by atoms with Gasteiger partial charge in [-0.2, -0.15) is 0 Å². The number of fused-ring (bicyclic) bond motifs is 6. The quantitative estimate of drug-likeness (QED) is 0.199. The van der Waals surface area contributed by atoms with E-state index in [9.17, 15) is 10.2 Å². The summed E-state index contributed by atoms with van der Waals surface area (Å²) in [7, 11) is 0. The van der Waals surface area contributed by atoms with Crippen LogP contribution in [0.15, 0.2) is 109 Å². The second-order valence-electron chi connectivity index (χ2n) is 11.6. The van der Waals surface area contributed by atoms with Crippen molar-refractivity contribution < 1.29 is 10.2 Å². The van der Waals surface area contributed by atoms with E-state index in [1.54, 1.807) is 13.8 Å². The maximum Gasteiger partial charge on any atom is 0.206 e. The van der Waals surface area contributed by atoms with E-state index in [0.29, 0.717) is 12.8 Å². The SMILES string of the molecule is C[C@]1(O)C[C@H](c2ccccc2)n2c(nc3ccccc32)N1.C[C@]1(O)C[C@H](c2ccccc2)n2c(nc3ccccc32)N1.